The second kappa shape index (κ2) is 8.17. The number of nitrogens with one attached hydrogen (secondary N) is 1. The van der Waals surface area contributed by atoms with Crippen LogP contribution in [0.15, 0.2) is 18.2 Å². The van der Waals surface area contributed by atoms with Crippen molar-refractivity contribution in [2.24, 2.45) is 5.73 Å². The van der Waals surface area contributed by atoms with Gasteiger partial charge in [0.1, 0.15) is 0 Å². The maximum atomic E-state index is 11.4. The van der Waals surface area contributed by atoms with E-state index in [4.69, 9.17) is 21.8 Å². The third-order valence-corrected chi connectivity index (χ3v) is 9.18. The Bertz CT molecular complexity index is 542. The molecule has 0 spiro atoms. The van der Waals surface area contributed by atoms with Gasteiger partial charge >= 0.3 is 0 Å². The van der Waals surface area contributed by atoms with Crippen LogP contribution in [0.1, 0.15) is 44.0 Å². The number of halogens is 1. The molecular formula is C17H29ClN2O2Si. The second-order valence-corrected chi connectivity index (χ2v) is 12.5. The molecule has 0 unspecified atom stereocenters. The number of amides is 1. The molecule has 0 radical (unpaired) electrons. The summed E-state index contributed by atoms with van der Waals surface area (Å²) in [6, 6.07) is 5.12. The van der Waals surface area contributed by atoms with Crippen LogP contribution in [0.5, 0.6) is 0 Å². The van der Waals surface area contributed by atoms with Gasteiger partial charge in [0, 0.05) is 23.9 Å². The van der Waals surface area contributed by atoms with Crippen LogP contribution in [0, 0.1) is 0 Å². The Labute approximate surface area is 145 Å². The lowest BCUT2D eigenvalue weighted by atomic mass is 10.1. The molecule has 23 heavy (non-hydrogen) atoms. The summed E-state index contributed by atoms with van der Waals surface area (Å²) in [5.74, 6) is -0.476. The highest BCUT2D eigenvalue weighted by molar-refractivity contribution is 6.74. The quantitative estimate of drug-likeness (QED) is 0.526. The first-order chi connectivity index (χ1) is 10.5. The number of carbonyl (C=O) groups is 1. The highest BCUT2D eigenvalue weighted by atomic mass is 35.5. The second-order valence-electron chi connectivity index (χ2n) is 7.30. The zero-order chi connectivity index (χ0) is 17.7. The lowest BCUT2D eigenvalue weighted by Gasteiger charge is -2.36. The molecule has 0 aliphatic rings. The molecule has 0 aliphatic heterocycles. The van der Waals surface area contributed by atoms with Crippen molar-refractivity contribution >= 4 is 31.5 Å². The Hall–Kier alpha value is -1.04. The molecule has 1 aromatic carbocycles. The number of unbranched alkanes of at least 4 members (excludes halogenated alkanes) is 1. The van der Waals surface area contributed by atoms with Gasteiger partial charge in [-0.2, -0.15) is 0 Å². The van der Waals surface area contributed by atoms with Crippen molar-refractivity contribution in [2.75, 3.05) is 18.5 Å². The van der Waals surface area contributed by atoms with Crippen molar-refractivity contribution < 1.29 is 9.22 Å². The van der Waals surface area contributed by atoms with Gasteiger partial charge in [-0.05, 0) is 49.2 Å². The molecule has 1 rings (SSSR count). The molecular weight excluding hydrogens is 328 g/mol. The Morgan fingerprint density at radius 2 is 1.96 bits per heavy atom. The number of nitrogens with two attached hydrogens (primary N) is 1. The van der Waals surface area contributed by atoms with Crippen LogP contribution in [0.3, 0.4) is 0 Å². The van der Waals surface area contributed by atoms with Crippen LogP contribution in [0.25, 0.3) is 0 Å². The summed E-state index contributed by atoms with van der Waals surface area (Å²) >= 11 is 5.89. The van der Waals surface area contributed by atoms with Crippen molar-refractivity contribution in [1.82, 2.24) is 0 Å². The van der Waals surface area contributed by atoms with Crippen molar-refractivity contribution in [3.8, 4) is 0 Å². The van der Waals surface area contributed by atoms with Crippen molar-refractivity contribution in [2.45, 2.75) is 51.7 Å². The van der Waals surface area contributed by atoms with E-state index in [1.165, 1.54) is 0 Å². The van der Waals surface area contributed by atoms with Crippen LogP contribution in [0.2, 0.25) is 23.2 Å². The standard InChI is InChI=1S/C17H29ClN2O2Si/c1-17(2,3)23(4,5)22-11-7-6-10-20-15-9-8-13(18)12-14(15)16(19)21/h8-9,12,20H,6-7,10-11H2,1-5H3,(H2,19,21). The Balaban J connectivity index is 2.38. The first-order valence-corrected chi connectivity index (χ1v) is 11.3. The van der Waals surface area contributed by atoms with Gasteiger partial charge in [-0.25, -0.2) is 0 Å². The largest absolute Gasteiger partial charge is 0.417 e. The molecule has 0 heterocycles. The van der Waals surface area contributed by atoms with E-state index in [1.807, 2.05) is 0 Å². The maximum absolute atomic E-state index is 11.4. The molecule has 1 amide bonds. The molecule has 130 valence electrons. The topological polar surface area (TPSA) is 64.3 Å². The molecule has 0 bridgehead atoms. The summed E-state index contributed by atoms with van der Waals surface area (Å²) in [6.45, 7) is 12.8. The van der Waals surface area contributed by atoms with Crippen LogP contribution in [0.4, 0.5) is 5.69 Å². The Morgan fingerprint density at radius 3 is 2.52 bits per heavy atom. The third kappa shape index (κ3) is 6.16. The molecule has 6 heteroatoms. The van der Waals surface area contributed by atoms with Crippen molar-refractivity contribution in [3.63, 3.8) is 0 Å². The van der Waals surface area contributed by atoms with E-state index >= 15 is 0 Å². The summed E-state index contributed by atoms with van der Waals surface area (Å²) < 4.78 is 6.14. The molecule has 0 aliphatic carbocycles. The van der Waals surface area contributed by atoms with Gasteiger partial charge in [0.25, 0.3) is 5.91 Å². The van der Waals surface area contributed by atoms with Gasteiger partial charge in [0.2, 0.25) is 0 Å². The zero-order valence-electron chi connectivity index (χ0n) is 14.8. The van der Waals surface area contributed by atoms with Crippen LogP contribution < -0.4 is 11.1 Å². The predicted octanol–water partition coefficient (Wildman–Crippen LogP) is 4.65. The summed E-state index contributed by atoms with van der Waals surface area (Å²) in [5.41, 5.74) is 6.53. The van der Waals surface area contributed by atoms with Gasteiger partial charge in [0.15, 0.2) is 8.32 Å². The number of hydrogen-bond donors (Lipinski definition) is 2. The average Bonchev–Trinajstić information content (AvgIpc) is 2.42. The van der Waals surface area contributed by atoms with E-state index in [0.717, 1.165) is 31.7 Å². The molecule has 1 aromatic rings. The maximum Gasteiger partial charge on any atom is 0.250 e. The summed E-state index contributed by atoms with van der Waals surface area (Å²) in [4.78, 5) is 11.4. The molecule has 0 atom stereocenters. The third-order valence-electron chi connectivity index (χ3n) is 4.40. The fraction of sp³-hybridized carbons (Fsp3) is 0.588. The van der Waals surface area contributed by atoms with Gasteiger partial charge in [-0.1, -0.05) is 32.4 Å². The minimum Gasteiger partial charge on any atom is -0.417 e. The van der Waals surface area contributed by atoms with Crippen LogP contribution >= 0.6 is 11.6 Å². The summed E-state index contributed by atoms with van der Waals surface area (Å²) in [7, 11) is -1.66. The molecule has 0 fully saturated rings. The van der Waals surface area contributed by atoms with E-state index in [9.17, 15) is 4.79 Å². The van der Waals surface area contributed by atoms with Crippen LogP contribution in [-0.4, -0.2) is 27.4 Å². The molecule has 3 N–H and O–H groups in total. The minimum atomic E-state index is -1.66. The van der Waals surface area contributed by atoms with E-state index in [1.54, 1.807) is 18.2 Å². The zero-order valence-corrected chi connectivity index (χ0v) is 16.6. The number of benzene rings is 1. The number of carbonyl (C=O) groups excluding carboxylic acids is 1. The fourth-order valence-corrected chi connectivity index (χ4v) is 3.13. The van der Waals surface area contributed by atoms with Gasteiger partial charge in [0.05, 0.1) is 5.56 Å². The van der Waals surface area contributed by atoms with Gasteiger partial charge in [-0.3, -0.25) is 4.79 Å². The number of anilines is 1. The van der Waals surface area contributed by atoms with Crippen LogP contribution in [-0.2, 0) is 4.43 Å². The van der Waals surface area contributed by atoms with Gasteiger partial charge < -0.3 is 15.5 Å². The van der Waals surface area contributed by atoms with Crippen molar-refractivity contribution in [1.29, 1.82) is 0 Å². The smallest absolute Gasteiger partial charge is 0.250 e. The van der Waals surface area contributed by atoms with Gasteiger partial charge in [-0.15, -0.1) is 0 Å². The average molecular weight is 357 g/mol. The molecule has 0 saturated heterocycles. The minimum absolute atomic E-state index is 0.241. The summed E-state index contributed by atoms with van der Waals surface area (Å²) in [6.07, 6.45) is 1.95. The molecule has 0 saturated carbocycles. The lowest BCUT2D eigenvalue weighted by molar-refractivity contribution is 0.100. The predicted molar refractivity (Wildman–Crippen MR) is 101 cm³/mol. The monoisotopic (exact) mass is 356 g/mol. The van der Waals surface area contributed by atoms with E-state index < -0.39 is 14.2 Å². The first-order valence-electron chi connectivity index (χ1n) is 8.02. The van der Waals surface area contributed by atoms with E-state index in [-0.39, 0.29) is 5.04 Å². The first kappa shape index (κ1) is 20.0. The van der Waals surface area contributed by atoms with Crippen molar-refractivity contribution in [3.05, 3.63) is 28.8 Å². The van der Waals surface area contributed by atoms with E-state index in [2.05, 4.69) is 39.2 Å². The Morgan fingerprint density at radius 1 is 1.30 bits per heavy atom. The normalized spacial score (nSPS) is 12.3. The fourth-order valence-electron chi connectivity index (χ4n) is 1.87. The SMILES string of the molecule is CC(C)(C)[Si](C)(C)OCCCCNc1ccc(Cl)cc1C(N)=O. The molecule has 0 aromatic heterocycles. The number of hydrogen-bond acceptors (Lipinski definition) is 3. The van der Waals surface area contributed by atoms with E-state index in [0.29, 0.717) is 10.6 Å². The highest BCUT2D eigenvalue weighted by Crippen LogP contribution is 2.36. The summed E-state index contributed by atoms with van der Waals surface area (Å²) in [5, 5.41) is 3.99. The highest BCUT2D eigenvalue weighted by Gasteiger charge is 2.36. The Kier molecular flexibility index (Phi) is 7.11. The number of primary amides is 1. The number of rotatable bonds is 8. The lowest BCUT2D eigenvalue weighted by Crippen LogP contribution is -2.41. The molecule has 4 nitrogen and oxygen atoms in total.